The van der Waals surface area contributed by atoms with E-state index in [9.17, 15) is 19.2 Å². The molecule has 0 spiro atoms. The number of rotatable bonds is 9. The number of amides is 4. The summed E-state index contributed by atoms with van der Waals surface area (Å²) in [7, 11) is 0. The maximum Gasteiger partial charge on any atom is 0.294 e. The van der Waals surface area contributed by atoms with Crippen LogP contribution in [-0.2, 0) is 14.4 Å². The molecule has 9 nitrogen and oxygen atoms in total. The average Bonchev–Trinajstić information content (AvgIpc) is 3.51. The van der Waals surface area contributed by atoms with E-state index in [-0.39, 0.29) is 29.9 Å². The van der Waals surface area contributed by atoms with Gasteiger partial charge >= 0.3 is 0 Å². The third-order valence-corrected chi connectivity index (χ3v) is 7.32. The van der Waals surface area contributed by atoms with Crippen molar-refractivity contribution in [1.82, 2.24) is 9.80 Å². The lowest BCUT2D eigenvalue weighted by Gasteiger charge is -2.18. The first-order valence-corrected chi connectivity index (χ1v) is 13.4. The Labute approximate surface area is 230 Å². The molecule has 2 saturated heterocycles. The van der Waals surface area contributed by atoms with Crippen LogP contribution >= 0.6 is 23.4 Å². The van der Waals surface area contributed by atoms with Crippen LogP contribution < -0.4 is 14.8 Å². The van der Waals surface area contributed by atoms with Crippen LogP contribution in [0.1, 0.15) is 30.9 Å². The lowest BCUT2D eigenvalue weighted by Crippen LogP contribution is -2.40. The van der Waals surface area contributed by atoms with Crippen molar-refractivity contribution in [1.29, 1.82) is 0 Å². The Kier molecular flexibility index (Phi) is 8.96. The Hall–Kier alpha value is -3.50. The quantitative estimate of drug-likeness (QED) is 0.445. The van der Waals surface area contributed by atoms with Crippen LogP contribution in [-0.4, -0.2) is 65.6 Å². The summed E-state index contributed by atoms with van der Waals surface area (Å²) in [6, 6.07) is 10.2. The third kappa shape index (κ3) is 6.68. The zero-order valence-corrected chi connectivity index (χ0v) is 22.7. The highest BCUT2D eigenvalue weighted by atomic mass is 35.5. The molecule has 4 rings (SSSR count). The van der Waals surface area contributed by atoms with Crippen molar-refractivity contribution in [2.75, 3.05) is 38.2 Å². The fraction of sp³-hybridized carbons (Fsp3) is 0.333. The number of benzene rings is 2. The highest BCUT2D eigenvalue weighted by Gasteiger charge is 2.37. The van der Waals surface area contributed by atoms with Crippen LogP contribution in [0.5, 0.6) is 11.5 Å². The zero-order chi connectivity index (χ0) is 27.2. The summed E-state index contributed by atoms with van der Waals surface area (Å²) in [6.45, 7) is 4.83. The van der Waals surface area contributed by atoms with Crippen molar-refractivity contribution < 1.29 is 28.7 Å². The van der Waals surface area contributed by atoms with Gasteiger partial charge in [0.05, 0.1) is 11.5 Å². The molecule has 4 amide bonds. The maximum atomic E-state index is 12.9. The van der Waals surface area contributed by atoms with Crippen molar-refractivity contribution in [3.63, 3.8) is 0 Å². The van der Waals surface area contributed by atoms with Gasteiger partial charge in [0.1, 0.15) is 6.54 Å². The Morgan fingerprint density at radius 2 is 1.84 bits per heavy atom. The van der Waals surface area contributed by atoms with Crippen LogP contribution in [0.2, 0.25) is 5.02 Å². The molecule has 0 unspecified atom stereocenters. The first-order chi connectivity index (χ1) is 18.2. The van der Waals surface area contributed by atoms with Crippen molar-refractivity contribution in [2.45, 2.75) is 26.7 Å². The van der Waals surface area contributed by atoms with Crippen LogP contribution in [0.15, 0.2) is 41.3 Å². The Bertz CT molecular complexity index is 1290. The Morgan fingerprint density at radius 3 is 2.55 bits per heavy atom. The minimum Gasteiger partial charge on any atom is -0.490 e. The molecule has 2 heterocycles. The second-order valence-corrected chi connectivity index (χ2v) is 10.2. The van der Waals surface area contributed by atoms with Gasteiger partial charge in [0.25, 0.3) is 17.1 Å². The largest absolute Gasteiger partial charge is 0.490 e. The lowest BCUT2D eigenvalue weighted by molar-refractivity contribution is -0.135. The van der Waals surface area contributed by atoms with E-state index in [1.807, 2.05) is 19.9 Å². The summed E-state index contributed by atoms with van der Waals surface area (Å²) < 4.78 is 11.4. The SMILES string of the molecule is CCOc1cc(/C=C2\SC(=O)N(CC(=O)N3CCCC3)C2=O)ccc1OCC(=O)Nc1ccc(C)c(Cl)c1. The highest BCUT2D eigenvalue weighted by Crippen LogP contribution is 2.35. The number of anilines is 1. The topological polar surface area (TPSA) is 105 Å². The summed E-state index contributed by atoms with van der Waals surface area (Å²) >= 11 is 6.91. The maximum absolute atomic E-state index is 12.9. The number of ether oxygens (including phenoxy) is 2. The number of likely N-dealkylation sites (tertiary alicyclic amines) is 1. The van der Waals surface area contributed by atoms with E-state index in [1.165, 1.54) is 0 Å². The normalized spacial score (nSPS) is 16.3. The third-order valence-electron chi connectivity index (χ3n) is 6.01. The Balaban J connectivity index is 1.41. The number of nitrogens with zero attached hydrogens (tertiary/aromatic N) is 2. The molecule has 38 heavy (non-hydrogen) atoms. The van der Waals surface area contributed by atoms with Gasteiger partial charge in [-0.15, -0.1) is 0 Å². The van der Waals surface area contributed by atoms with E-state index in [4.69, 9.17) is 21.1 Å². The summed E-state index contributed by atoms with van der Waals surface area (Å²) in [5, 5.41) is 2.81. The van der Waals surface area contributed by atoms with E-state index in [0.717, 1.165) is 35.1 Å². The summed E-state index contributed by atoms with van der Waals surface area (Å²) in [5.41, 5.74) is 2.07. The number of imide groups is 1. The smallest absolute Gasteiger partial charge is 0.294 e. The van der Waals surface area contributed by atoms with Crippen LogP contribution in [0.4, 0.5) is 10.5 Å². The minimum absolute atomic E-state index is 0.219. The summed E-state index contributed by atoms with van der Waals surface area (Å²) in [5.74, 6) is -0.353. The van der Waals surface area contributed by atoms with E-state index in [2.05, 4.69) is 5.32 Å². The standard InChI is InChI=1S/C27H28ClN3O6S/c1-3-36-22-12-18(7-9-21(22)37-16-24(32)29-19-8-6-17(2)20(28)14-19)13-23-26(34)31(27(35)38-23)15-25(33)30-10-4-5-11-30/h6-9,12-14H,3-5,10-11,15-16H2,1-2H3,(H,29,32)/b23-13-. The second kappa shape index (κ2) is 12.4. The van der Waals surface area contributed by atoms with Crippen LogP contribution in [0, 0.1) is 6.92 Å². The molecule has 0 atom stereocenters. The van der Waals surface area contributed by atoms with Crippen molar-refractivity contribution in [3.05, 3.63) is 57.5 Å². The van der Waals surface area contributed by atoms with Gasteiger partial charge in [0, 0.05) is 23.8 Å². The molecular formula is C27H28ClN3O6S. The molecule has 1 N–H and O–H groups in total. The number of hydrogen-bond acceptors (Lipinski definition) is 7. The van der Waals surface area contributed by atoms with Gasteiger partial charge in [0.2, 0.25) is 5.91 Å². The molecule has 0 radical (unpaired) electrons. The molecule has 2 aliphatic heterocycles. The number of hydrogen-bond donors (Lipinski definition) is 1. The number of thioether (sulfide) groups is 1. The second-order valence-electron chi connectivity index (χ2n) is 8.80. The Morgan fingerprint density at radius 1 is 1.08 bits per heavy atom. The summed E-state index contributed by atoms with van der Waals surface area (Å²) in [4.78, 5) is 53.0. The predicted molar refractivity (Wildman–Crippen MR) is 146 cm³/mol. The monoisotopic (exact) mass is 557 g/mol. The molecule has 200 valence electrons. The number of halogens is 1. The van der Waals surface area contributed by atoms with E-state index in [1.54, 1.807) is 41.3 Å². The number of nitrogens with one attached hydrogen (secondary N) is 1. The minimum atomic E-state index is -0.501. The fourth-order valence-electron chi connectivity index (χ4n) is 4.00. The van der Waals surface area contributed by atoms with Crippen LogP contribution in [0.25, 0.3) is 6.08 Å². The van der Waals surface area contributed by atoms with E-state index in [0.29, 0.717) is 47.5 Å². The number of aryl methyl sites for hydroxylation is 1. The van der Waals surface area contributed by atoms with Gasteiger partial charge in [-0.1, -0.05) is 23.7 Å². The number of carbonyl (C=O) groups excluding carboxylic acids is 4. The summed E-state index contributed by atoms with van der Waals surface area (Å²) in [6.07, 6.45) is 3.44. The van der Waals surface area contributed by atoms with Crippen molar-refractivity contribution in [3.8, 4) is 11.5 Å². The van der Waals surface area contributed by atoms with Gasteiger partial charge in [-0.05, 0) is 79.9 Å². The molecule has 0 saturated carbocycles. The van der Waals surface area contributed by atoms with Gasteiger partial charge in [-0.25, -0.2) is 0 Å². The highest BCUT2D eigenvalue weighted by molar-refractivity contribution is 8.18. The lowest BCUT2D eigenvalue weighted by atomic mass is 10.2. The first kappa shape index (κ1) is 27.5. The van der Waals surface area contributed by atoms with Gasteiger partial charge in [-0.3, -0.25) is 24.1 Å². The number of carbonyl (C=O) groups is 4. The molecule has 2 aromatic rings. The molecule has 2 aromatic carbocycles. The zero-order valence-electron chi connectivity index (χ0n) is 21.1. The van der Waals surface area contributed by atoms with Gasteiger partial charge < -0.3 is 19.7 Å². The first-order valence-electron chi connectivity index (χ1n) is 12.2. The van der Waals surface area contributed by atoms with Crippen molar-refractivity contribution >= 4 is 58.1 Å². The molecule has 2 fully saturated rings. The van der Waals surface area contributed by atoms with Crippen LogP contribution in [0.3, 0.4) is 0 Å². The molecule has 2 aliphatic rings. The van der Waals surface area contributed by atoms with Gasteiger partial charge in [0.15, 0.2) is 18.1 Å². The molecular weight excluding hydrogens is 530 g/mol. The predicted octanol–water partition coefficient (Wildman–Crippen LogP) is 4.72. The fourth-order valence-corrected chi connectivity index (χ4v) is 5.02. The van der Waals surface area contributed by atoms with E-state index < -0.39 is 11.1 Å². The van der Waals surface area contributed by atoms with E-state index >= 15 is 0 Å². The molecule has 11 heteroatoms. The van der Waals surface area contributed by atoms with Crippen molar-refractivity contribution in [2.24, 2.45) is 0 Å². The molecule has 0 aliphatic carbocycles. The molecule has 0 aromatic heterocycles. The average molecular weight is 558 g/mol. The van der Waals surface area contributed by atoms with Gasteiger partial charge in [-0.2, -0.15) is 0 Å². The molecule has 0 bridgehead atoms.